The van der Waals surface area contributed by atoms with Crippen molar-refractivity contribution in [1.29, 1.82) is 0 Å². The fraction of sp³-hybridized carbons (Fsp3) is 0.556. The van der Waals surface area contributed by atoms with Crippen LogP contribution in [0.25, 0.3) is 0 Å². The number of nitrogens with zero attached hydrogens (tertiary/aromatic N) is 1. The van der Waals surface area contributed by atoms with Gasteiger partial charge in [0.25, 0.3) is 0 Å². The third-order valence-corrected chi connectivity index (χ3v) is 4.40. The molecule has 1 N–H and O–H groups in total. The van der Waals surface area contributed by atoms with Crippen LogP contribution in [0.4, 0.5) is 5.69 Å². The molecule has 1 heterocycles. The zero-order valence-electron chi connectivity index (χ0n) is 14.3. The van der Waals surface area contributed by atoms with Crippen molar-refractivity contribution in [3.05, 3.63) is 28.8 Å². The van der Waals surface area contributed by atoms with Gasteiger partial charge in [-0.05, 0) is 43.5 Å². The van der Waals surface area contributed by atoms with Crippen LogP contribution in [0, 0.1) is 18.3 Å². The van der Waals surface area contributed by atoms with Gasteiger partial charge in [-0.15, -0.1) is 0 Å². The van der Waals surface area contributed by atoms with Crippen LogP contribution in [0.5, 0.6) is 0 Å². The normalized spacial score (nSPS) is 18.7. The Kier molecular flexibility index (Phi) is 5.35. The predicted octanol–water partition coefficient (Wildman–Crippen LogP) is 3.87. The highest BCUT2D eigenvalue weighted by atomic mass is 35.5. The molecule has 126 valence electrons. The quantitative estimate of drug-likeness (QED) is 0.891. The smallest absolute Gasteiger partial charge is 0.229 e. The van der Waals surface area contributed by atoms with Crippen molar-refractivity contribution in [2.45, 2.75) is 40.5 Å². The van der Waals surface area contributed by atoms with Gasteiger partial charge in [0.2, 0.25) is 11.8 Å². The summed E-state index contributed by atoms with van der Waals surface area (Å²) in [6.45, 7) is 8.88. The highest BCUT2D eigenvalue weighted by Gasteiger charge is 2.33. The lowest BCUT2D eigenvalue weighted by Gasteiger charge is -2.36. The van der Waals surface area contributed by atoms with E-state index in [1.807, 2.05) is 44.7 Å². The van der Waals surface area contributed by atoms with Crippen molar-refractivity contribution in [3.8, 4) is 0 Å². The number of aryl methyl sites for hydroxylation is 1. The van der Waals surface area contributed by atoms with Crippen LogP contribution in [0.15, 0.2) is 18.2 Å². The van der Waals surface area contributed by atoms with Gasteiger partial charge in [0, 0.05) is 29.2 Å². The van der Waals surface area contributed by atoms with Gasteiger partial charge in [0.15, 0.2) is 0 Å². The van der Waals surface area contributed by atoms with Crippen molar-refractivity contribution in [2.24, 2.45) is 11.3 Å². The SMILES string of the molecule is Cc1cc(Cl)ccc1NC(=O)C1CCCN(C(=O)C(C)(C)C)C1. The number of carbonyl (C=O) groups is 2. The average Bonchev–Trinajstić information content (AvgIpc) is 2.48. The Morgan fingerprint density at radius 2 is 2.00 bits per heavy atom. The summed E-state index contributed by atoms with van der Waals surface area (Å²) >= 11 is 5.94. The second-order valence-electron chi connectivity index (χ2n) is 7.29. The van der Waals surface area contributed by atoms with E-state index in [2.05, 4.69) is 5.32 Å². The molecular weight excluding hydrogens is 312 g/mol. The Labute approximate surface area is 143 Å². The zero-order chi connectivity index (χ0) is 17.2. The first-order valence-electron chi connectivity index (χ1n) is 8.05. The largest absolute Gasteiger partial charge is 0.341 e. The van der Waals surface area contributed by atoms with E-state index in [-0.39, 0.29) is 17.7 Å². The number of benzene rings is 1. The topological polar surface area (TPSA) is 49.4 Å². The maximum absolute atomic E-state index is 12.5. The van der Waals surface area contributed by atoms with E-state index >= 15 is 0 Å². The summed E-state index contributed by atoms with van der Waals surface area (Å²) < 4.78 is 0. The lowest BCUT2D eigenvalue weighted by molar-refractivity contribution is -0.142. The van der Waals surface area contributed by atoms with Crippen LogP contribution in [-0.4, -0.2) is 29.8 Å². The maximum atomic E-state index is 12.5. The number of likely N-dealkylation sites (tertiary alicyclic amines) is 1. The minimum absolute atomic E-state index is 0.0261. The van der Waals surface area contributed by atoms with Crippen molar-refractivity contribution in [3.63, 3.8) is 0 Å². The molecule has 0 radical (unpaired) electrons. The molecule has 1 saturated heterocycles. The Morgan fingerprint density at radius 1 is 1.30 bits per heavy atom. The van der Waals surface area contributed by atoms with Crippen LogP contribution in [-0.2, 0) is 9.59 Å². The number of halogens is 1. The summed E-state index contributed by atoms with van der Waals surface area (Å²) in [5.74, 6) is -0.0790. The third-order valence-electron chi connectivity index (χ3n) is 4.17. The van der Waals surface area contributed by atoms with Gasteiger partial charge in [-0.25, -0.2) is 0 Å². The van der Waals surface area contributed by atoms with E-state index in [1.54, 1.807) is 6.07 Å². The minimum atomic E-state index is -0.412. The van der Waals surface area contributed by atoms with Gasteiger partial charge >= 0.3 is 0 Å². The monoisotopic (exact) mass is 336 g/mol. The first-order valence-corrected chi connectivity index (χ1v) is 8.42. The van der Waals surface area contributed by atoms with E-state index in [4.69, 9.17) is 11.6 Å². The van der Waals surface area contributed by atoms with Crippen molar-refractivity contribution in [1.82, 2.24) is 4.90 Å². The van der Waals surface area contributed by atoms with Gasteiger partial charge in [-0.2, -0.15) is 0 Å². The van der Waals surface area contributed by atoms with Gasteiger partial charge < -0.3 is 10.2 Å². The average molecular weight is 337 g/mol. The molecular formula is C18H25ClN2O2. The molecule has 2 amide bonds. The summed E-state index contributed by atoms with van der Waals surface area (Å²) in [4.78, 5) is 26.8. The van der Waals surface area contributed by atoms with E-state index in [9.17, 15) is 9.59 Å². The van der Waals surface area contributed by atoms with Gasteiger partial charge in [-0.3, -0.25) is 9.59 Å². The predicted molar refractivity (Wildman–Crippen MR) is 93.6 cm³/mol. The molecule has 4 nitrogen and oxygen atoms in total. The molecule has 1 fully saturated rings. The van der Waals surface area contributed by atoms with Crippen molar-refractivity contribution >= 4 is 29.1 Å². The lowest BCUT2D eigenvalue weighted by atomic mass is 9.91. The van der Waals surface area contributed by atoms with Crippen LogP contribution in [0.1, 0.15) is 39.2 Å². The van der Waals surface area contributed by atoms with E-state index in [0.29, 0.717) is 11.6 Å². The first-order chi connectivity index (χ1) is 10.7. The number of piperidine rings is 1. The number of carbonyl (C=O) groups excluding carboxylic acids is 2. The van der Waals surface area contributed by atoms with Crippen LogP contribution < -0.4 is 5.32 Å². The zero-order valence-corrected chi connectivity index (χ0v) is 15.0. The standard InChI is InChI=1S/C18H25ClN2O2/c1-12-10-14(19)7-8-15(12)20-16(22)13-6-5-9-21(11-13)17(23)18(2,3)4/h7-8,10,13H,5-6,9,11H2,1-4H3,(H,20,22). The fourth-order valence-electron chi connectivity index (χ4n) is 2.85. The molecule has 5 heteroatoms. The number of hydrogen-bond donors (Lipinski definition) is 1. The molecule has 1 atom stereocenters. The van der Waals surface area contributed by atoms with Crippen LogP contribution in [0.3, 0.4) is 0 Å². The summed E-state index contributed by atoms with van der Waals surface area (Å²) in [5.41, 5.74) is 1.30. The van der Waals surface area contributed by atoms with Gasteiger partial charge in [0.1, 0.15) is 0 Å². The van der Waals surface area contributed by atoms with Gasteiger partial charge in [0.05, 0.1) is 5.92 Å². The minimum Gasteiger partial charge on any atom is -0.341 e. The highest BCUT2D eigenvalue weighted by molar-refractivity contribution is 6.30. The lowest BCUT2D eigenvalue weighted by Crippen LogP contribution is -2.47. The Morgan fingerprint density at radius 3 is 2.61 bits per heavy atom. The molecule has 1 aromatic rings. The third kappa shape index (κ3) is 4.47. The maximum Gasteiger partial charge on any atom is 0.229 e. The number of rotatable bonds is 2. The summed E-state index contributed by atoms with van der Waals surface area (Å²) in [6.07, 6.45) is 1.67. The van der Waals surface area contributed by atoms with E-state index < -0.39 is 5.41 Å². The van der Waals surface area contributed by atoms with Crippen molar-refractivity contribution in [2.75, 3.05) is 18.4 Å². The molecule has 1 aliphatic heterocycles. The van der Waals surface area contributed by atoms with E-state index in [0.717, 1.165) is 30.6 Å². The molecule has 0 bridgehead atoms. The molecule has 0 spiro atoms. The Hall–Kier alpha value is -1.55. The molecule has 23 heavy (non-hydrogen) atoms. The van der Waals surface area contributed by atoms with Crippen LogP contribution >= 0.6 is 11.6 Å². The molecule has 1 aromatic carbocycles. The highest BCUT2D eigenvalue weighted by Crippen LogP contribution is 2.25. The molecule has 0 aromatic heterocycles. The second-order valence-corrected chi connectivity index (χ2v) is 7.73. The van der Waals surface area contributed by atoms with Gasteiger partial charge in [-0.1, -0.05) is 32.4 Å². The molecule has 1 aliphatic rings. The number of amides is 2. The summed E-state index contributed by atoms with van der Waals surface area (Å²) in [5, 5.41) is 3.62. The Balaban J connectivity index is 2.03. The molecule has 2 rings (SSSR count). The summed E-state index contributed by atoms with van der Waals surface area (Å²) in [6, 6.07) is 5.41. The number of hydrogen-bond acceptors (Lipinski definition) is 2. The fourth-order valence-corrected chi connectivity index (χ4v) is 3.08. The molecule has 0 saturated carbocycles. The number of anilines is 1. The molecule has 0 aliphatic carbocycles. The number of nitrogens with one attached hydrogen (secondary N) is 1. The Bertz CT molecular complexity index is 608. The van der Waals surface area contributed by atoms with Crippen molar-refractivity contribution < 1.29 is 9.59 Å². The van der Waals surface area contributed by atoms with Crippen LogP contribution in [0.2, 0.25) is 5.02 Å². The summed E-state index contributed by atoms with van der Waals surface area (Å²) in [7, 11) is 0. The molecule has 1 unspecified atom stereocenters. The van der Waals surface area contributed by atoms with E-state index in [1.165, 1.54) is 0 Å². The second kappa shape index (κ2) is 6.91. The first kappa shape index (κ1) is 17.8.